The molecule has 2 aromatic carbocycles. The molecule has 0 aliphatic carbocycles. The summed E-state index contributed by atoms with van der Waals surface area (Å²) in [5.74, 6) is 1.46. The van der Waals surface area contributed by atoms with Crippen LogP contribution in [0.4, 0.5) is 5.69 Å². The number of carbonyl (C=O) groups is 1. The highest BCUT2D eigenvalue weighted by molar-refractivity contribution is 5.90. The number of aryl methyl sites for hydroxylation is 1. The van der Waals surface area contributed by atoms with Gasteiger partial charge < -0.3 is 14.5 Å². The first-order chi connectivity index (χ1) is 13.3. The smallest absolute Gasteiger partial charge is 0.247 e. The van der Waals surface area contributed by atoms with E-state index in [9.17, 15) is 4.79 Å². The molecule has 1 aromatic heterocycles. The van der Waals surface area contributed by atoms with E-state index in [1.165, 1.54) is 5.56 Å². The summed E-state index contributed by atoms with van der Waals surface area (Å²) in [6, 6.07) is 15.3. The number of anilines is 1. The number of nitrogens with one attached hydrogen (secondary N) is 1. The van der Waals surface area contributed by atoms with Gasteiger partial charge in [0.1, 0.15) is 5.75 Å². The molecule has 3 rings (SSSR count). The van der Waals surface area contributed by atoms with Gasteiger partial charge in [-0.15, -0.1) is 10.2 Å². The lowest BCUT2D eigenvalue weighted by molar-refractivity contribution is -0.116. The minimum atomic E-state index is -0.0929. The topological polar surface area (TPSA) is 77.2 Å². The molecule has 3 aromatic rings. The molecule has 0 unspecified atom stereocenters. The normalized spacial score (nSPS) is 11.3. The maximum absolute atomic E-state index is 12.2. The van der Waals surface area contributed by atoms with Gasteiger partial charge in [0, 0.05) is 24.1 Å². The fourth-order valence-corrected chi connectivity index (χ4v) is 2.72. The van der Waals surface area contributed by atoms with Crippen molar-refractivity contribution in [3.05, 3.63) is 60.0 Å². The number of hydrogen-bond donors (Lipinski definition) is 1. The lowest BCUT2D eigenvalue weighted by Crippen LogP contribution is -2.14. The van der Waals surface area contributed by atoms with Gasteiger partial charge in [-0.25, -0.2) is 0 Å². The van der Waals surface area contributed by atoms with Gasteiger partial charge in [0.2, 0.25) is 17.7 Å². The molecule has 1 N–H and O–H groups in total. The summed E-state index contributed by atoms with van der Waals surface area (Å²) in [4.78, 5) is 12.2. The summed E-state index contributed by atoms with van der Waals surface area (Å²) in [5.41, 5.74) is 2.87. The molecule has 0 atom stereocenters. The summed E-state index contributed by atoms with van der Waals surface area (Å²) in [6.07, 6.45) is 0.643. The predicted molar refractivity (Wildman–Crippen MR) is 108 cm³/mol. The van der Waals surface area contributed by atoms with E-state index < -0.39 is 0 Å². The van der Waals surface area contributed by atoms with Crippen LogP contribution in [0.5, 0.6) is 5.75 Å². The average Bonchev–Trinajstić information content (AvgIpc) is 3.15. The van der Waals surface area contributed by atoms with Crippen molar-refractivity contribution in [2.24, 2.45) is 0 Å². The zero-order valence-corrected chi connectivity index (χ0v) is 16.7. The molecule has 0 radical (unpaired) electrons. The van der Waals surface area contributed by atoms with Crippen molar-refractivity contribution in [1.29, 1.82) is 0 Å². The Labute approximate surface area is 164 Å². The molecule has 0 saturated heterocycles. The number of amides is 1. The molecule has 6 heteroatoms. The Kier molecular flexibility index (Phi) is 5.78. The Morgan fingerprint density at radius 3 is 2.54 bits per heavy atom. The molecule has 0 bridgehead atoms. The van der Waals surface area contributed by atoms with Crippen molar-refractivity contribution < 1.29 is 13.9 Å². The SMILES string of the molecule is COc1cccc(-c2nnc(CCC(=O)Nc3ccc(C(C)(C)C)cc3)o2)c1. The van der Waals surface area contributed by atoms with Gasteiger partial charge in [-0.05, 0) is 41.3 Å². The van der Waals surface area contributed by atoms with Crippen LogP contribution >= 0.6 is 0 Å². The van der Waals surface area contributed by atoms with Crippen molar-refractivity contribution in [1.82, 2.24) is 10.2 Å². The van der Waals surface area contributed by atoms with E-state index in [4.69, 9.17) is 9.15 Å². The summed E-state index contributed by atoms with van der Waals surface area (Å²) >= 11 is 0. The molecule has 0 saturated carbocycles. The Hall–Kier alpha value is -3.15. The van der Waals surface area contributed by atoms with E-state index >= 15 is 0 Å². The van der Waals surface area contributed by atoms with Gasteiger partial charge in [0.05, 0.1) is 7.11 Å². The summed E-state index contributed by atoms with van der Waals surface area (Å²) in [7, 11) is 1.60. The predicted octanol–water partition coefficient (Wildman–Crippen LogP) is 4.61. The summed E-state index contributed by atoms with van der Waals surface area (Å²) < 4.78 is 10.9. The van der Waals surface area contributed by atoms with Crippen molar-refractivity contribution in [2.45, 2.75) is 39.0 Å². The quantitative estimate of drug-likeness (QED) is 0.676. The molecule has 28 heavy (non-hydrogen) atoms. The van der Waals surface area contributed by atoms with Gasteiger partial charge in [0.15, 0.2) is 0 Å². The third kappa shape index (κ3) is 4.97. The third-order valence-corrected chi connectivity index (χ3v) is 4.38. The Bertz CT molecular complexity index is 940. The molecule has 1 amide bonds. The monoisotopic (exact) mass is 379 g/mol. The van der Waals surface area contributed by atoms with Crippen LogP contribution in [-0.2, 0) is 16.6 Å². The second kappa shape index (κ2) is 8.25. The van der Waals surface area contributed by atoms with Crippen molar-refractivity contribution >= 4 is 11.6 Å². The van der Waals surface area contributed by atoms with Crippen molar-refractivity contribution in [3.8, 4) is 17.2 Å². The fraction of sp³-hybridized carbons (Fsp3) is 0.318. The van der Waals surface area contributed by atoms with Gasteiger partial charge in [-0.3, -0.25) is 4.79 Å². The molecule has 6 nitrogen and oxygen atoms in total. The van der Waals surface area contributed by atoms with Crippen molar-refractivity contribution in [2.75, 3.05) is 12.4 Å². The van der Waals surface area contributed by atoms with Gasteiger partial charge >= 0.3 is 0 Å². The molecule has 1 heterocycles. The standard InChI is InChI=1S/C22H25N3O3/c1-22(2,3)16-8-10-17(11-9-16)23-19(26)12-13-20-24-25-21(28-20)15-6-5-7-18(14-15)27-4/h5-11,14H,12-13H2,1-4H3,(H,23,26). The number of hydrogen-bond acceptors (Lipinski definition) is 5. The van der Waals surface area contributed by atoms with Crippen molar-refractivity contribution in [3.63, 3.8) is 0 Å². The number of carbonyl (C=O) groups excluding carboxylic acids is 1. The van der Waals surface area contributed by atoms with Gasteiger partial charge in [0.25, 0.3) is 0 Å². The molecular formula is C22H25N3O3. The van der Waals surface area contributed by atoms with Crippen LogP contribution in [0.3, 0.4) is 0 Å². The average molecular weight is 379 g/mol. The maximum Gasteiger partial charge on any atom is 0.247 e. The summed E-state index contributed by atoms with van der Waals surface area (Å²) in [5, 5.41) is 11.0. The van der Waals surface area contributed by atoms with Crippen LogP contribution in [0.15, 0.2) is 52.9 Å². The number of aromatic nitrogens is 2. The van der Waals surface area contributed by atoms with E-state index in [1.807, 2.05) is 48.5 Å². The van der Waals surface area contributed by atoms with Gasteiger partial charge in [-0.1, -0.05) is 39.0 Å². The molecule has 0 spiro atoms. The number of rotatable bonds is 6. The number of methoxy groups -OCH3 is 1. The number of benzene rings is 2. The molecule has 146 valence electrons. The van der Waals surface area contributed by atoms with E-state index in [0.29, 0.717) is 24.0 Å². The second-order valence-corrected chi connectivity index (χ2v) is 7.61. The lowest BCUT2D eigenvalue weighted by Gasteiger charge is -2.19. The molecular weight excluding hydrogens is 354 g/mol. The Morgan fingerprint density at radius 2 is 1.86 bits per heavy atom. The largest absolute Gasteiger partial charge is 0.497 e. The zero-order chi connectivity index (χ0) is 20.1. The highest BCUT2D eigenvalue weighted by atomic mass is 16.5. The lowest BCUT2D eigenvalue weighted by atomic mass is 9.87. The highest BCUT2D eigenvalue weighted by Crippen LogP contribution is 2.24. The van der Waals surface area contributed by atoms with Crippen LogP contribution in [0.1, 0.15) is 38.6 Å². The zero-order valence-electron chi connectivity index (χ0n) is 16.7. The van der Waals surface area contributed by atoms with E-state index in [-0.39, 0.29) is 17.7 Å². The first kappa shape index (κ1) is 19.6. The van der Waals surface area contributed by atoms with E-state index in [1.54, 1.807) is 7.11 Å². The first-order valence-corrected chi connectivity index (χ1v) is 9.22. The van der Waals surface area contributed by atoms with E-state index in [0.717, 1.165) is 11.3 Å². The highest BCUT2D eigenvalue weighted by Gasteiger charge is 2.14. The molecule has 0 aliphatic rings. The van der Waals surface area contributed by atoms with Gasteiger partial charge in [-0.2, -0.15) is 0 Å². The Morgan fingerprint density at radius 1 is 1.11 bits per heavy atom. The maximum atomic E-state index is 12.2. The number of ether oxygens (including phenoxy) is 1. The van der Waals surface area contributed by atoms with E-state index in [2.05, 4.69) is 36.3 Å². The number of nitrogens with zero attached hydrogens (tertiary/aromatic N) is 2. The van der Waals surface area contributed by atoms with Crippen LogP contribution in [-0.4, -0.2) is 23.2 Å². The van der Waals surface area contributed by atoms with Crippen LogP contribution in [0.2, 0.25) is 0 Å². The molecule has 0 aliphatic heterocycles. The second-order valence-electron chi connectivity index (χ2n) is 7.61. The van der Waals surface area contributed by atoms with Crippen LogP contribution in [0, 0.1) is 0 Å². The minimum Gasteiger partial charge on any atom is -0.497 e. The fourth-order valence-electron chi connectivity index (χ4n) is 2.72. The Balaban J connectivity index is 1.56. The molecule has 0 fully saturated rings. The van der Waals surface area contributed by atoms with Crippen LogP contribution < -0.4 is 10.1 Å². The summed E-state index contributed by atoms with van der Waals surface area (Å²) in [6.45, 7) is 6.47. The first-order valence-electron chi connectivity index (χ1n) is 9.22. The third-order valence-electron chi connectivity index (χ3n) is 4.38. The van der Waals surface area contributed by atoms with Crippen LogP contribution in [0.25, 0.3) is 11.5 Å². The minimum absolute atomic E-state index is 0.0843.